The molecule has 1 aromatic rings. The van der Waals surface area contributed by atoms with E-state index in [1.54, 1.807) is 6.20 Å². The van der Waals surface area contributed by atoms with Crippen LogP contribution >= 0.6 is 11.8 Å². The number of urea groups is 1. The lowest BCUT2D eigenvalue weighted by Gasteiger charge is -2.29. The number of nitrogens with one attached hydrogen (secondary N) is 1. The van der Waals surface area contributed by atoms with Gasteiger partial charge in [0, 0.05) is 38.4 Å². The van der Waals surface area contributed by atoms with E-state index in [-0.39, 0.29) is 12.1 Å². The summed E-state index contributed by atoms with van der Waals surface area (Å²) in [6.07, 6.45) is 9.33. The minimum atomic E-state index is 0.212. The standard InChI is InChI=1S/C16H25N5OS/c1-23-15-17-8-7-14(19-15)18-13-6-2-3-11-21(12-13)16(22)20-9-4-5-10-20/h7-8,13H,2-6,9-12H2,1H3,(H,17,18,19)/t13-/m0/s1. The molecule has 0 unspecified atom stereocenters. The van der Waals surface area contributed by atoms with Crippen molar-refractivity contribution in [3.05, 3.63) is 12.3 Å². The van der Waals surface area contributed by atoms with Crippen LogP contribution in [0.4, 0.5) is 10.6 Å². The fraction of sp³-hybridized carbons (Fsp3) is 0.688. The molecule has 6 nitrogen and oxygen atoms in total. The van der Waals surface area contributed by atoms with E-state index in [0.717, 1.165) is 69.3 Å². The maximum Gasteiger partial charge on any atom is 0.320 e. The van der Waals surface area contributed by atoms with Crippen molar-refractivity contribution in [3.8, 4) is 0 Å². The van der Waals surface area contributed by atoms with Crippen LogP contribution in [-0.2, 0) is 0 Å². The first-order chi connectivity index (χ1) is 11.3. The van der Waals surface area contributed by atoms with Gasteiger partial charge in [-0.25, -0.2) is 14.8 Å². The predicted octanol–water partition coefficient (Wildman–Crippen LogP) is 2.68. The maximum atomic E-state index is 12.6. The first-order valence-corrected chi connectivity index (χ1v) is 9.66. The number of hydrogen-bond acceptors (Lipinski definition) is 5. The zero-order chi connectivity index (χ0) is 16.1. The summed E-state index contributed by atoms with van der Waals surface area (Å²) >= 11 is 1.54. The summed E-state index contributed by atoms with van der Waals surface area (Å²) in [6, 6.07) is 2.37. The van der Waals surface area contributed by atoms with Gasteiger partial charge in [-0.3, -0.25) is 0 Å². The molecule has 0 bridgehead atoms. The number of aromatic nitrogens is 2. The van der Waals surface area contributed by atoms with E-state index >= 15 is 0 Å². The van der Waals surface area contributed by atoms with Crippen LogP contribution in [0.1, 0.15) is 32.1 Å². The molecule has 1 aromatic heterocycles. The number of carbonyl (C=O) groups is 1. The largest absolute Gasteiger partial charge is 0.365 e. The van der Waals surface area contributed by atoms with Crippen LogP contribution in [-0.4, -0.2) is 64.3 Å². The fourth-order valence-electron chi connectivity index (χ4n) is 3.27. The van der Waals surface area contributed by atoms with Crippen LogP contribution in [0.3, 0.4) is 0 Å². The van der Waals surface area contributed by atoms with Crippen LogP contribution in [0.25, 0.3) is 0 Å². The lowest BCUT2D eigenvalue weighted by molar-refractivity contribution is 0.163. The average Bonchev–Trinajstić information content (AvgIpc) is 3.02. The number of likely N-dealkylation sites (tertiary alicyclic amines) is 2. The molecule has 0 saturated carbocycles. The van der Waals surface area contributed by atoms with E-state index in [0.29, 0.717) is 0 Å². The van der Waals surface area contributed by atoms with Crippen LogP contribution in [0.5, 0.6) is 0 Å². The van der Waals surface area contributed by atoms with E-state index in [1.165, 1.54) is 11.8 Å². The van der Waals surface area contributed by atoms with Crippen molar-refractivity contribution < 1.29 is 4.79 Å². The summed E-state index contributed by atoms with van der Waals surface area (Å²) in [7, 11) is 0. The summed E-state index contributed by atoms with van der Waals surface area (Å²) in [5.41, 5.74) is 0. The third kappa shape index (κ3) is 4.28. The number of amides is 2. The Kier molecular flexibility index (Phi) is 5.59. The van der Waals surface area contributed by atoms with Gasteiger partial charge >= 0.3 is 6.03 Å². The van der Waals surface area contributed by atoms with Gasteiger partial charge in [-0.2, -0.15) is 0 Å². The topological polar surface area (TPSA) is 61.4 Å². The molecule has 126 valence electrons. The van der Waals surface area contributed by atoms with Gasteiger partial charge in [-0.15, -0.1) is 0 Å². The van der Waals surface area contributed by atoms with Gasteiger partial charge in [0.1, 0.15) is 5.82 Å². The molecule has 0 aromatic carbocycles. The van der Waals surface area contributed by atoms with Gasteiger partial charge in [0.05, 0.1) is 0 Å². The Hall–Kier alpha value is -1.50. The van der Waals surface area contributed by atoms with Crippen molar-refractivity contribution in [2.24, 2.45) is 0 Å². The van der Waals surface area contributed by atoms with Crippen molar-refractivity contribution in [2.45, 2.75) is 43.3 Å². The summed E-state index contributed by atoms with van der Waals surface area (Å²) in [5.74, 6) is 0.852. The predicted molar refractivity (Wildman–Crippen MR) is 92.9 cm³/mol. The Bertz CT molecular complexity index is 535. The minimum Gasteiger partial charge on any atom is -0.365 e. The minimum absolute atomic E-state index is 0.212. The number of nitrogens with zero attached hydrogens (tertiary/aromatic N) is 4. The molecule has 7 heteroatoms. The molecule has 2 fully saturated rings. The number of anilines is 1. The van der Waals surface area contributed by atoms with Crippen molar-refractivity contribution in [1.82, 2.24) is 19.8 Å². The second kappa shape index (κ2) is 7.86. The van der Waals surface area contributed by atoms with E-state index in [1.807, 2.05) is 22.1 Å². The fourth-order valence-corrected chi connectivity index (χ4v) is 3.63. The van der Waals surface area contributed by atoms with Crippen molar-refractivity contribution in [3.63, 3.8) is 0 Å². The van der Waals surface area contributed by atoms with E-state index in [4.69, 9.17) is 0 Å². The average molecular weight is 335 g/mol. The SMILES string of the molecule is CSc1nccc(N[C@H]2CCCCN(C(=O)N3CCCC3)C2)n1. The lowest BCUT2D eigenvalue weighted by atomic mass is 10.1. The highest BCUT2D eigenvalue weighted by molar-refractivity contribution is 7.98. The van der Waals surface area contributed by atoms with E-state index < -0.39 is 0 Å². The van der Waals surface area contributed by atoms with Crippen LogP contribution in [0.2, 0.25) is 0 Å². The van der Waals surface area contributed by atoms with E-state index in [9.17, 15) is 4.79 Å². The molecule has 23 heavy (non-hydrogen) atoms. The summed E-state index contributed by atoms with van der Waals surface area (Å²) in [5, 5.41) is 4.27. The van der Waals surface area contributed by atoms with Gasteiger partial charge in [-0.05, 0) is 44.4 Å². The first kappa shape index (κ1) is 16.4. The third-order valence-corrected chi connectivity index (χ3v) is 5.05. The van der Waals surface area contributed by atoms with Crippen molar-refractivity contribution in [2.75, 3.05) is 37.8 Å². The summed E-state index contributed by atoms with van der Waals surface area (Å²) < 4.78 is 0. The monoisotopic (exact) mass is 335 g/mol. The molecule has 2 amide bonds. The Balaban J connectivity index is 1.63. The second-order valence-electron chi connectivity index (χ2n) is 6.19. The second-order valence-corrected chi connectivity index (χ2v) is 6.96. The molecule has 0 aliphatic carbocycles. The number of hydrogen-bond donors (Lipinski definition) is 1. The van der Waals surface area contributed by atoms with Crippen LogP contribution in [0, 0.1) is 0 Å². The Labute approximate surface area is 142 Å². The molecule has 2 saturated heterocycles. The molecule has 2 aliphatic rings. The summed E-state index contributed by atoms with van der Waals surface area (Å²) in [4.78, 5) is 25.4. The first-order valence-electron chi connectivity index (χ1n) is 8.43. The Morgan fingerprint density at radius 1 is 1.22 bits per heavy atom. The quantitative estimate of drug-likeness (QED) is 0.680. The number of carbonyl (C=O) groups excluding carboxylic acids is 1. The zero-order valence-electron chi connectivity index (χ0n) is 13.7. The van der Waals surface area contributed by atoms with Crippen molar-refractivity contribution >= 4 is 23.6 Å². The zero-order valence-corrected chi connectivity index (χ0v) is 14.5. The molecule has 0 radical (unpaired) electrons. The Morgan fingerprint density at radius 3 is 2.74 bits per heavy atom. The lowest BCUT2D eigenvalue weighted by Crippen LogP contribution is -2.45. The van der Waals surface area contributed by atoms with Gasteiger partial charge in [-0.1, -0.05) is 11.8 Å². The highest BCUT2D eigenvalue weighted by atomic mass is 32.2. The number of thioether (sulfide) groups is 1. The van der Waals surface area contributed by atoms with Crippen molar-refractivity contribution in [1.29, 1.82) is 0 Å². The smallest absolute Gasteiger partial charge is 0.320 e. The normalized spacial score (nSPS) is 22.0. The van der Waals surface area contributed by atoms with Crippen LogP contribution in [0.15, 0.2) is 17.4 Å². The molecule has 1 atom stereocenters. The molecular formula is C16H25N5OS. The highest BCUT2D eigenvalue weighted by Gasteiger charge is 2.27. The maximum absolute atomic E-state index is 12.6. The highest BCUT2D eigenvalue weighted by Crippen LogP contribution is 2.19. The van der Waals surface area contributed by atoms with Gasteiger partial charge in [0.15, 0.2) is 5.16 Å². The molecule has 3 heterocycles. The molecule has 3 rings (SSSR count). The summed E-state index contributed by atoms with van der Waals surface area (Å²) in [6.45, 7) is 3.45. The van der Waals surface area contributed by atoms with E-state index in [2.05, 4.69) is 15.3 Å². The van der Waals surface area contributed by atoms with Gasteiger partial charge < -0.3 is 15.1 Å². The van der Waals surface area contributed by atoms with Crippen LogP contribution < -0.4 is 5.32 Å². The number of rotatable bonds is 3. The Morgan fingerprint density at radius 2 is 1.96 bits per heavy atom. The molecular weight excluding hydrogens is 310 g/mol. The van der Waals surface area contributed by atoms with Gasteiger partial charge in [0.2, 0.25) is 0 Å². The molecule has 0 spiro atoms. The molecule has 1 N–H and O–H groups in total. The molecule has 2 aliphatic heterocycles. The third-order valence-electron chi connectivity index (χ3n) is 4.49. The van der Waals surface area contributed by atoms with Gasteiger partial charge in [0.25, 0.3) is 0 Å².